The monoisotopic (exact) mass is 540 g/mol. The molecule has 6 rings (SSSR count). The summed E-state index contributed by atoms with van der Waals surface area (Å²) in [6.07, 6.45) is 2.71. The summed E-state index contributed by atoms with van der Waals surface area (Å²) in [7, 11) is 1.70. The molecule has 0 radical (unpaired) electrons. The van der Waals surface area contributed by atoms with Crippen molar-refractivity contribution in [3.8, 4) is 22.8 Å². The van der Waals surface area contributed by atoms with Crippen LogP contribution in [0.5, 0.6) is 11.5 Å². The second-order valence-electron chi connectivity index (χ2n) is 8.28. The van der Waals surface area contributed by atoms with Crippen molar-refractivity contribution in [2.24, 2.45) is 4.99 Å². The lowest BCUT2D eigenvalue weighted by Crippen LogP contribution is -1.99. The molecule has 0 bridgehead atoms. The van der Waals surface area contributed by atoms with Crippen molar-refractivity contribution in [3.63, 3.8) is 0 Å². The Hall–Kier alpha value is -3.48. The van der Waals surface area contributed by atoms with E-state index in [4.69, 9.17) is 19.5 Å². The summed E-state index contributed by atoms with van der Waals surface area (Å²) in [4.78, 5) is 10.9. The molecule has 0 fully saturated rings. The van der Waals surface area contributed by atoms with E-state index in [2.05, 4.69) is 46.3 Å². The third kappa shape index (κ3) is 4.13. The smallest absolute Gasteiger partial charge is 0.209 e. The Labute approximate surface area is 216 Å². The molecular weight excluding hydrogens is 520 g/mol. The lowest BCUT2D eigenvalue weighted by Gasteiger charge is -2.12. The summed E-state index contributed by atoms with van der Waals surface area (Å²) in [6.45, 7) is 0.497. The molecule has 1 heterocycles. The van der Waals surface area contributed by atoms with Crippen LogP contribution in [0.2, 0.25) is 0 Å². The molecular formula is C29H21BrN2O2S. The Morgan fingerprint density at radius 1 is 0.971 bits per heavy atom. The van der Waals surface area contributed by atoms with Crippen LogP contribution in [0.1, 0.15) is 21.6 Å². The number of nitrogens with zero attached hydrogens (tertiary/aromatic N) is 2. The first kappa shape index (κ1) is 22.0. The highest BCUT2D eigenvalue weighted by Gasteiger charge is 2.28. The molecule has 0 N–H and O–H groups in total. The predicted molar refractivity (Wildman–Crippen MR) is 147 cm³/mol. The lowest BCUT2D eigenvalue weighted by molar-refractivity contribution is 0.306. The molecule has 6 heteroatoms. The normalized spacial score (nSPS) is 12.2. The number of ether oxygens (including phenoxy) is 2. The van der Waals surface area contributed by atoms with Crippen LogP contribution in [0, 0.1) is 0 Å². The molecule has 1 aromatic heterocycles. The van der Waals surface area contributed by atoms with Gasteiger partial charge < -0.3 is 9.47 Å². The Kier molecular flexibility index (Phi) is 5.84. The van der Waals surface area contributed by atoms with E-state index in [1.54, 1.807) is 18.4 Å². The highest BCUT2D eigenvalue weighted by Crippen LogP contribution is 2.48. The van der Waals surface area contributed by atoms with E-state index in [9.17, 15) is 0 Å². The molecule has 0 saturated carbocycles. The molecule has 5 aromatic rings. The zero-order valence-electron chi connectivity index (χ0n) is 19.0. The Morgan fingerprint density at radius 3 is 2.63 bits per heavy atom. The van der Waals surface area contributed by atoms with Gasteiger partial charge in [-0.2, -0.15) is 0 Å². The van der Waals surface area contributed by atoms with Crippen LogP contribution < -0.4 is 9.47 Å². The van der Waals surface area contributed by atoms with E-state index in [1.807, 2.05) is 54.7 Å². The average molecular weight is 541 g/mol. The van der Waals surface area contributed by atoms with Gasteiger partial charge in [-0.15, -0.1) is 0 Å². The van der Waals surface area contributed by atoms with Crippen molar-refractivity contribution in [2.45, 2.75) is 13.0 Å². The van der Waals surface area contributed by atoms with Crippen LogP contribution in [0.25, 0.3) is 22.0 Å². The standard InChI is InChI=1S/C29H21BrN2O2S/c1-33-25-14-12-23(30)21-15-26-28(27(21)25)32-29(35-26)31-16-22-20-10-6-5-9-19(20)11-13-24(22)34-17-18-7-3-2-4-8-18/h2-14,16H,15,17H2,1H3. The number of aromatic nitrogens is 1. The van der Waals surface area contributed by atoms with Crippen LogP contribution in [0.3, 0.4) is 0 Å². The van der Waals surface area contributed by atoms with E-state index in [1.165, 1.54) is 10.4 Å². The van der Waals surface area contributed by atoms with Crippen LogP contribution in [0.4, 0.5) is 5.13 Å². The number of rotatable bonds is 6. The van der Waals surface area contributed by atoms with Gasteiger partial charge in [-0.1, -0.05) is 87.9 Å². The average Bonchev–Trinajstić information content (AvgIpc) is 3.46. The summed E-state index contributed by atoms with van der Waals surface area (Å²) in [5, 5.41) is 2.97. The van der Waals surface area contributed by atoms with Gasteiger partial charge in [-0.05, 0) is 40.1 Å². The molecule has 35 heavy (non-hydrogen) atoms. The Bertz CT molecular complexity index is 1580. The second-order valence-corrected chi connectivity index (χ2v) is 10.2. The largest absolute Gasteiger partial charge is 0.496 e. The van der Waals surface area contributed by atoms with Crippen LogP contribution in [0.15, 0.2) is 88.3 Å². The summed E-state index contributed by atoms with van der Waals surface area (Å²) in [5.41, 5.74) is 5.33. The molecule has 1 aliphatic rings. The van der Waals surface area contributed by atoms with Crippen molar-refractivity contribution >= 4 is 49.4 Å². The highest BCUT2D eigenvalue weighted by molar-refractivity contribution is 9.10. The first-order valence-electron chi connectivity index (χ1n) is 11.3. The minimum atomic E-state index is 0.497. The first-order chi connectivity index (χ1) is 17.2. The van der Waals surface area contributed by atoms with E-state index in [-0.39, 0.29) is 0 Å². The number of methoxy groups -OCH3 is 1. The van der Waals surface area contributed by atoms with Crippen LogP contribution in [-0.2, 0) is 13.0 Å². The molecule has 1 aliphatic carbocycles. The molecule has 0 spiro atoms. The summed E-state index contributed by atoms with van der Waals surface area (Å²) in [5.74, 6) is 1.64. The van der Waals surface area contributed by atoms with E-state index >= 15 is 0 Å². The first-order valence-corrected chi connectivity index (χ1v) is 12.9. The number of aliphatic imine (C=N–C) groups is 1. The molecule has 0 amide bonds. The maximum Gasteiger partial charge on any atom is 0.209 e. The van der Waals surface area contributed by atoms with Crippen LogP contribution in [-0.4, -0.2) is 18.3 Å². The summed E-state index contributed by atoms with van der Waals surface area (Å²) < 4.78 is 12.9. The molecule has 0 saturated heterocycles. The molecule has 4 aromatic carbocycles. The van der Waals surface area contributed by atoms with Gasteiger partial charge in [0, 0.05) is 33.1 Å². The molecule has 4 nitrogen and oxygen atoms in total. The topological polar surface area (TPSA) is 43.7 Å². The van der Waals surface area contributed by atoms with Gasteiger partial charge in [0.2, 0.25) is 5.13 Å². The van der Waals surface area contributed by atoms with Crippen molar-refractivity contribution in [2.75, 3.05) is 7.11 Å². The fourth-order valence-corrected chi connectivity index (χ4v) is 5.86. The minimum absolute atomic E-state index is 0.497. The molecule has 172 valence electrons. The minimum Gasteiger partial charge on any atom is -0.496 e. The molecule has 0 atom stereocenters. The van der Waals surface area contributed by atoms with Crippen molar-refractivity contribution in [3.05, 3.63) is 105 Å². The number of hydrogen-bond acceptors (Lipinski definition) is 5. The maximum absolute atomic E-state index is 6.24. The number of benzene rings is 4. The Balaban J connectivity index is 1.36. The number of fused-ring (bicyclic) bond motifs is 4. The zero-order valence-corrected chi connectivity index (χ0v) is 21.4. The third-order valence-electron chi connectivity index (χ3n) is 6.17. The van der Waals surface area contributed by atoms with Crippen molar-refractivity contribution < 1.29 is 9.47 Å². The van der Waals surface area contributed by atoms with E-state index in [0.29, 0.717) is 6.61 Å². The quantitative estimate of drug-likeness (QED) is 0.201. The maximum atomic E-state index is 6.24. The second kappa shape index (κ2) is 9.29. The lowest BCUT2D eigenvalue weighted by atomic mass is 10.0. The zero-order chi connectivity index (χ0) is 23.8. The summed E-state index contributed by atoms with van der Waals surface area (Å²) >= 11 is 5.30. The molecule has 0 aliphatic heterocycles. The van der Waals surface area contributed by atoms with Crippen molar-refractivity contribution in [1.82, 2.24) is 4.98 Å². The number of halogens is 1. The summed E-state index contributed by atoms with van der Waals surface area (Å²) in [6, 6.07) is 26.6. The van der Waals surface area contributed by atoms with Gasteiger partial charge in [0.1, 0.15) is 18.1 Å². The number of thiazole rings is 1. The van der Waals surface area contributed by atoms with Gasteiger partial charge in [-0.3, -0.25) is 0 Å². The van der Waals surface area contributed by atoms with Crippen LogP contribution >= 0.6 is 27.3 Å². The third-order valence-corrected chi connectivity index (χ3v) is 7.88. The predicted octanol–water partition coefficient (Wildman–Crippen LogP) is 7.97. The van der Waals surface area contributed by atoms with Gasteiger partial charge in [0.05, 0.1) is 12.8 Å². The fourth-order valence-electron chi connectivity index (χ4n) is 4.46. The SMILES string of the molecule is COc1ccc(Br)c2c1-c1nc(N=Cc3c(OCc4ccccc4)ccc4ccccc34)sc1C2. The van der Waals surface area contributed by atoms with Gasteiger partial charge in [0.15, 0.2) is 0 Å². The Morgan fingerprint density at radius 2 is 1.77 bits per heavy atom. The highest BCUT2D eigenvalue weighted by atomic mass is 79.9. The van der Waals surface area contributed by atoms with Gasteiger partial charge >= 0.3 is 0 Å². The van der Waals surface area contributed by atoms with Crippen molar-refractivity contribution in [1.29, 1.82) is 0 Å². The van der Waals surface area contributed by atoms with E-state index < -0.39 is 0 Å². The molecule has 0 unspecified atom stereocenters. The fraction of sp³-hybridized carbons (Fsp3) is 0.103. The van der Waals surface area contributed by atoms with Gasteiger partial charge in [-0.25, -0.2) is 9.98 Å². The van der Waals surface area contributed by atoms with E-state index in [0.717, 1.165) is 60.7 Å². The van der Waals surface area contributed by atoms with Gasteiger partial charge in [0.25, 0.3) is 0 Å². The number of hydrogen-bond donors (Lipinski definition) is 0.